The van der Waals surface area contributed by atoms with E-state index in [1.54, 1.807) is 37.3 Å². The number of nitrogens with zero attached hydrogens (tertiary/aromatic N) is 1. The molecule has 16 heavy (non-hydrogen) atoms. The summed E-state index contributed by atoms with van der Waals surface area (Å²) >= 11 is 11.6. The van der Waals surface area contributed by atoms with Crippen LogP contribution < -0.4 is 4.74 Å². The van der Waals surface area contributed by atoms with Gasteiger partial charge in [0.1, 0.15) is 5.75 Å². The average Bonchev–Trinajstić information content (AvgIpc) is 2.19. The smallest absolute Gasteiger partial charge is 0.337 e. The van der Waals surface area contributed by atoms with Crippen molar-refractivity contribution in [1.82, 2.24) is 4.90 Å². The summed E-state index contributed by atoms with van der Waals surface area (Å²) in [5, 5.41) is 0.799. The predicted molar refractivity (Wildman–Crippen MR) is 64.9 cm³/mol. The Morgan fingerprint density at radius 3 is 2.62 bits per heavy atom. The van der Waals surface area contributed by atoms with Crippen LogP contribution in [0.1, 0.15) is 0 Å². The third-order valence-electron chi connectivity index (χ3n) is 1.61. The van der Waals surface area contributed by atoms with Gasteiger partial charge in [-0.25, -0.2) is 4.79 Å². The van der Waals surface area contributed by atoms with Crippen LogP contribution in [-0.2, 0) is 4.79 Å². The number of hydrogen-bond donors (Lipinski definition) is 0. The van der Waals surface area contributed by atoms with Crippen molar-refractivity contribution in [3.8, 4) is 5.75 Å². The first kappa shape index (κ1) is 12.9. The molecule has 0 spiro atoms. The van der Waals surface area contributed by atoms with Crippen molar-refractivity contribution in [2.75, 3.05) is 14.1 Å². The minimum atomic E-state index is -0.488. The normalized spacial score (nSPS) is 10.5. The lowest BCUT2D eigenvalue weighted by Gasteiger charge is -2.05. The second-order valence-corrected chi connectivity index (χ2v) is 4.12. The Hall–Kier alpha value is -1.19. The molecule has 1 aromatic rings. The van der Waals surface area contributed by atoms with Gasteiger partial charge in [0, 0.05) is 31.4 Å². The highest BCUT2D eigenvalue weighted by Gasteiger charge is 2.05. The number of hydrogen-bond acceptors (Lipinski definition) is 3. The topological polar surface area (TPSA) is 29.5 Å². The van der Waals surface area contributed by atoms with E-state index in [9.17, 15) is 4.79 Å². The molecule has 0 saturated carbocycles. The molecular formula is C11H11Cl2NO2. The zero-order chi connectivity index (χ0) is 12.1. The number of carbonyl (C=O) groups is 1. The highest BCUT2D eigenvalue weighted by atomic mass is 35.5. The van der Waals surface area contributed by atoms with Gasteiger partial charge in [0.25, 0.3) is 0 Å². The van der Waals surface area contributed by atoms with Crippen LogP contribution in [0.15, 0.2) is 30.5 Å². The Labute approximate surface area is 104 Å². The highest BCUT2D eigenvalue weighted by Crippen LogP contribution is 2.27. The lowest BCUT2D eigenvalue weighted by molar-refractivity contribution is -0.129. The molecule has 0 atom stereocenters. The molecule has 0 amide bonds. The molecule has 0 bridgehead atoms. The molecule has 0 saturated heterocycles. The monoisotopic (exact) mass is 259 g/mol. The van der Waals surface area contributed by atoms with Crippen LogP contribution in [0.4, 0.5) is 0 Å². The van der Waals surface area contributed by atoms with Gasteiger partial charge >= 0.3 is 5.97 Å². The predicted octanol–water partition coefficient (Wildman–Crippen LogP) is 2.97. The van der Waals surface area contributed by atoms with Crippen LogP contribution in [0, 0.1) is 0 Å². The van der Waals surface area contributed by atoms with Gasteiger partial charge in [-0.3, -0.25) is 0 Å². The summed E-state index contributed by atoms with van der Waals surface area (Å²) in [6.07, 6.45) is 2.90. The van der Waals surface area contributed by atoms with Gasteiger partial charge in [0.15, 0.2) is 0 Å². The quantitative estimate of drug-likeness (QED) is 0.475. The van der Waals surface area contributed by atoms with Gasteiger partial charge in [0.2, 0.25) is 0 Å². The summed E-state index contributed by atoms with van der Waals surface area (Å²) in [6, 6.07) is 4.67. The molecule has 0 aromatic heterocycles. The van der Waals surface area contributed by atoms with Crippen molar-refractivity contribution in [1.29, 1.82) is 0 Å². The van der Waals surface area contributed by atoms with E-state index in [1.165, 1.54) is 12.1 Å². The third kappa shape index (κ3) is 4.13. The molecule has 1 aromatic carbocycles. The van der Waals surface area contributed by atoms with Crippen molar-refractivity contribution in [3.05, 3.63) is 40.5 Å². The fraction of sp³-hybridized carbons (Fsp3) is 0.182. The number of rotatable bonds is 3. The first-order chi connectivity index (χ1) is 7.49. The fourth-order valence-electron chi connectivity index (χ4n) is 0.910. The minimum absolute atomic E-state index is 0.291. The average molecular weight is 260 g/mol. The summed E-state index contributed by atoms with van der Waals surface area (Å²) in [5.74, 6) is -0.197. The maximum atomic E-state index is 11.3. The summed E-state index contributed by atoms with van der Waals surface area (Å²) in [5.41, 5.74) is 0. The van der Waals surface area contributed by atoms with Crippen LogP contribution in [0.3, 0.4) is 0 Å². The Bertz CT molecular complexity index is 416. The van der Waals surface area contributed by atoms with Gasteiger partial charge in [-0.05, 0) is 18.2 Å². The van der Waals surface area contributed by atoms with Crippen LogP contribution >= 0.6 is 23.2 Å². The van der Waals surface area contributed by atoms with Crippen molar-refractivity contribution in [3.63, 3.8) is 0 Å². The Morgan fingerprint density at radius 2 is 2.06 bits per heavy atom. The minimum Gasteiger partial charge on any atom is -0.422 e. The Morgan fingerprint density at radius 1 is 1.38 bits per heavy atom. The first-order valence-corrected chi connectivity index (χ1v) is 5.26. The molecule has 86 valence electrons. The maximum Gasteiger partial charge on any atom is 0.337 e. The van der Waals surface area contributed by atoms with E-state index in [4.69, 9.17) is 27.9 Å². The molecule has 0 aliphatic heterocycles. The van der Waals surface area contributed by atoms with Crippen LogP contribution in [0.25, 0.3) is 0 Å². The fourth-order valence-corrected chi connectivity index (χ4v) is 1.36. The number of benzene rings is 1. The summed E-state index contributed by atoms with van der Waals surface area (Å²) in [7, 11) is 3.61. The molecule has 0 fully saturated rings. The molecule has 0 aliphatic rings. The molecule has 0 unspecified atom stereocenters. The van der Waals surface area contributed by atoms with Crippen molar-refractivity contribution >= 4 is 29.2 Å². The number of halogens is 2. The molecule has 0 aliphatic carbocycles. The van der Waals surface area contributed by atoms with Gasteiger partial charge in [-0.1, -0.05) is 23.2 Å². The van der Waals surface area contributed by atoms with E-state index < -0.39 is 5.97 Å². The van der Waals surface area contributed by atoms with E-state index in [2.05, 4.69) is 0 Å². The number of ether oxygens (including phenoxy) is 1. The second-order valence-electron chi connectivity index (χ2n) is 3.28. The van der Waals surface area contributed by atoms with Crippen LogP contribution in [0.2, 0.25) is 10.0 Å². The molecule has 5 heteroatoms. The highest BCUT2D eigenvalue weighted by molar-refractivity contribution is 6.35. The van der Waals surface area contributed by atoms with E-state index in [0.717, 1.165) is 0 Å². The van der Waals surface area contributed by atoms with E-state index in [-0.39, 0.29) is 0 Å². The van der Waals surface area contributed by atoms with Crippen molar-refractivity contribution in [2.45, 2.75) is 0 Å². The van der Waals surface area contributed by atoms with E-state index in [1.807, 2.05) is 0 Å². The van der Waals surface area contributed by atoms with E-state index in [0.29, 0.717) is 15.8 Å². The Kier molecular flexibility index (Phi) is 4.65. The zero-order valence-electron chi connectivity index (χ0n) is 8.91. The second kappa shape index (κ2) is 5.77. The summed E-state index contributed by atoms with van der Waals surface area (Å²) < 4.78 is 5.01. The molecule has 0 radical (unpaired) electrons. The largest absolute Gasteiger partial charge is 0.422 e. The lowest BCUT2D eigenvalue weighted by Crippen LogP contribution is -2.07. The molecule has 1 rings (SSSR count). The van der Waals surface area contributed by atoms with Crippen LogP contribution in [0.5, 0.6) is 5.75 Å². The Balaban J connectivity index is 2.70. The van der Waals surface area contributed by atoms with Crippen LogP contribution in [-0.4, -0.2) is 25.0 Å². The third-order valence-corrected chi connectivity index (χ3v) is 2.14. The number of carbonyl (C=O) groups excluding carboxylic acids is 1. The van der Waals surface area contributed by atoms with Gasteiger partial charge in [0.05, 0.1) is 5.02 Å². The summed E-state index contributed by atoms with van der Waals surface area (Å²) in [6.45, 7) is 0. The van der Waals surface area contributed by atoms with Gasteiger partial charge in [-0.2, -0.15) is 0 Å². The zero-order valence-corrected chi connectivity index (χ0v) is 10.4. The standard InChI is InChI=1S/C11H11Cl2NO2/c1-14(2)6-5-11(15)16-10-4-3-8(12)7-9(10)13/h3-7H,1-2H3. The van der Waals surface area contributed by atoms with E-state index >= 15 is 0 Å². The van der Waals surface area contributed by atoms with Gasteiger partial charge in [-0.15, -0.1) is 0 Å². The molecule has 0 heterocycles. The van der Waals surface area contributed by atoms with Crippen molar-refractivity contribution < 1.29 is 9.53 Å². The summed E-state index contributed by atoms with van der Waals surface area (Å²) in [4.78, 5) is 13.1. The maximum absolute atomic E-state index is 11.3. The van der Waals surface area contributed by atoms with Gasteiger partial charge < -0.3 is 9.64 Å². The SMILES string of the molecule is CN(C)C=CC(=O)Oc1ccc(Cl)cc1Cl. The number of esters is 1. The first-order valence-electron chi connectivity index (χ1n) is 4.50. The van der Waals surface area contributed by atoms with Crippen molar-refractivity contribution in [2.24, 2.45) is 0 Å². The lowest BCUT2D eigenvalue weighted by atomic mass is 10.3. The molecule has 3 nitrogen and oxygen atoms in total. The molecular weight excluding hydrogens is 249 g/mol. The molecule has 0 N–H and O–H groups in total.